The highest BCUT2D eigenvalue weighted by molar-refractivity contribution is 14.0. The number of nitrogens with one attached hydrogen (secondary N) is 2. The molecule has 0 spiro atoms. The summed E-state index contributed by atoms with van der Waals surface area (Å²) in [5, 5.41) is 6.55. The van der Waals surface area contributed by atoms with Crippen LogP contribution in [0.5, 0.6) is 5.75 Å². The molecule has 0 unspecified atom stereocenters. The van der Waals surface area contributed by atoms with E-state index in [9.17, 15) is 4.79 Å². The molecule has 174 valence electrons. The molecule has 3 aromatic rings. The summed E-state index contributed by atoms with van der Waals surface area (Å²) in [6.45, 7) is 1.72. The molecule has 3 aromatic carbocycles. The zero-order chi connectivity index (χ0) is 22.8. The number of amides is 1. The van der Waals surface area contributed by atoms with Crippen LogP contribution in [0.25, 0.3) is 11.1 Å². The number of carbonyl (C=O) groups excluding carboxylic acids is 1. The summed E-state index contributed by atoms with van der Waals surface area (Å²) in [6, 6.07) is 25.8. The van der Waals surface area contributed by atoms with Crippen LogP contribution in [0.1, 0.15) is 15.9 Å². The standard InChI is InChI=1S/C26H30N4O2.HI/c1-27-26(29-19-20-13-15-22(16-14-20)25(31)30(2)3)28-17-18-32-24-12-8-7-11-23(24)21-9-5-4-6-10-21;/h4-16H,17-19H2,1-3H3,(H2,27,28,29);1H. The molecular weight excluding hydrogens is 527 g/mol. The van der Waals surface area contributed by atoms with Gasteiger partial charge in [-0.05, 0) is 29.3 Å². The Hall–Kier alpha value is -3.07. The molecule has 0 saturated heterocycles. The third-order valence-corrected chi connectivity index (χ3v) is 4.91. The van der Waals surface area contributed by atoms with Gasteiger partial charge in [0.1, 0.15) is 12.4 Å². The molecule has 0 aliphatic heterocycles. The molecule has 0 radical (unpaired) electrons. The van der Waals surface area contributed by atoms with Gasteiger partial charge in [-0.2, -0.15) is 0 Å². The fourth-order valence-corrected chi connectivity index (χ4v) is 3.21. The van der Waals surface area contributed by atoms with Crippen molar-refractivity contribution in [1.82, 2.24) is 15.5 Å². The van der Waals surface area contributed by atoms with E-state index in [4.69, 9.17) is 4.74 Å². The largest absolute Gasteiger partial charge is 0.491 e. The van der Waals surface area contributed by atoms with Gasteiger partial charge in [0.15, 0.2) is 5.96 Å². The Morgan fingerprint density at radius 1 is 0.909 bits per heavy atom. The van der Waals surface area contributed by atoms with Crippen LogP contribution < -0.4 is 15.4 Å². The first-order valence-electron chi connectivity index (χ1n) is 10.6. The van der Waals surface area contributed by atoms with Gasteiger partial charge in [0, 0.05) is 38.8 Å². The van der Waals surface area contributed by atoms with Crippen molar-refractivity contribution in [2.75, 3.05) is 34.3 Å². The quantitative estimate of drug-likeness (QED) is 0.186. The van der Waals surface area contributed by atoms with Crippen molar-refractivity contribution in [2.24, 2.45) is 4.99 Å². The van der Waals surface area contributed by atoms with E-state index in [2.05, 4.69) is 33.8 Å². The Bertz CT molecular complexity index is 1040. The Morgan fingerprint density at radius 2 is 1.58 bits per heavy atom. The Labute approximate surface area is 213 Å². The van der Waals surface area contributed by atoms with Gasteiger partial charge in [-0.3, -0.25) is 9.79 Å². The first-order valence-corrected chi connectivity index (χ1v) is 10.6. The molecule has 2 N–H and O–H groups in total. The lowest BCUT2D eigenvalue weighted by molar-refractivity contribution is 0.0827. The summed E-state index contributed by atoms with van der Waals surface area (Å²) in [6.07, 6.45) is 0. The predicted molar refractivity (Wildman–Crippen MR) is 145 cm³/mol. The lowest BCUT2D eigenvalue weighted by Gasteiger charge is -2.15. The van der Waals surface area contributed by atoms with Crippen molar-refractivity contribution >= 4 is 35.8 Å². The van der Waals surface area contributed by atoms with Crippen LogP contribution in [0, 0.1) is 0 Å². The molecule has 7 heteroatoms. The number of nitrogens with zero attached hydrogens (tertiary/aromatic N) is 2. The van der Waals surface area contributed by atoms with Crippen LogP contribution in [0.15, 0.2) is 83.9 Å². The summed E-state index contributed by atoms with van der Waals surface area (Å²) >= 11 is 0. The molecule has 0 atom stereocenters. The number of guanidine groups is 1. The van der Waals surface area contributed by atoms with Crippen molar-refractivity contribution in [1.29, 1.82) is 0 Å². The molecule has 33 heavy (non-hydrogen) atoms. The molecule has 0 aromatic heterocycles. The van der Waals surface area contributed by atoms with Gasteiger partial charge in [0.2, 0.25) is 0 Å². The molecule has 0 aliphatic carbocycles. The number of rotatable bonds is 8. The van der Waals surface area contributed by atoms with Gasteiger partial charge in [0.25, 0.3) is 5.91 Å². The third-order valence-electron chi connectivity index (χ3n) is 4.91. The Balaban J connectivity index is 0.00000385. The number of ether oxygens (including phenoxy) is 1. The number of carbonyl (C=O) groups is 1. The topological polar surface area (TPSA) is 66.0 Å². The van der Waals surface area contributed by atoms with Crippen LogP contribution in [0.3, 0.4) is 0 Å². The van der Waals surface area contributed by atoms with E-state index >= 15 is 0 Å². The van der Waals surface area contributed by atoms with E-state index < -0.39 is 0 Å². The van der Waals surface area contributed by atoms with Gasteiger partial charge in [-0.1, -0.05) is 60.7 Å². The van der Waals surface area contributed by atoms with Gasteiger partial charge in [0.05, 0.1) is 6.54 Å². The highest BCUT2D eigenvalue weighted by Crippen LogP contribution is 2.29. The lowest BCUT2D eigenvalue weighted by atomic mass is 10.1. The SMILES string of the molecule is CN=C(NCCOc1ccccc1-c1ccccc1)NCc1ccc(C(=O)N(C)C)cc1.I. The maximum atomic E-state index is 12.0. The maximum Gasteiger partial charge on any atom is 0.253 e. The van der Waals surface area contributed by atoms with Crippen molar-refractivity contribution < 1.29 is 9.53 Å². The summed E-state index contributed by atoms with van der Waals surface area (Å²) in [5.41, 5.74) is 3.95. The minimum Gasteiger partial charge on any atom is -0.491 e. The molecule has 1 amide bonds. The number of halogens is 1. The smallest absolute Gasteiger partial charge is 0.253 e. The number of para-hydroxylation sites is 1. The lowest BCUT2D eigenvalue weighted by Crippen LogP contribution is -2.38. The number of hydrogen-bond donors (Lipinski definition) is 2. The van der Waals surface area contributed by atoms with Crippen molar-refractivity contribution in [3.05, 3.63) is 90.0 Å². The van der Waals surface area contributed by atoms with Crippen molar-refractivity contribution in [3.63, 3.8) is 0 Å². The summed E-state index contributed by atoms with van der Waals surface area (Å²) in [4.78, 5) is 17.8. The third kappa shape index (κ3) is 7.78. The second kappa shape index (κ2) is 13.5. The molecule has 6 nitrogen and oxygen atoms in total. The minimum atomic E-state index is -0.00387. The van der Waals surface area contributed by atoms with Gasteiger partial charge >= 0.3 is 0 Å². The summed E-state index contributed by atoms with van der Waals surface area (Å²) < 4.78 is 6.02. The molecule has 3 rings (SSSR count). The normalized spacial score (nSPS) is 10.7. The Morgan fingerprint density at radius 3 is 2.24 bits per heavy atom. The van der Waals surface area contributed by atoms with Crippen molar-refractivity contribution in [3.8, 4) is 16.9 Å². The van der Waals surface area contributed by atoms with Gasteiger partial charge in [-0.15, -0.1) is 24.0 Å². The molecule has 0 fully saturated rings. The van der Waals surface area contributed by atoms with Crippen LogP contribution >= 0.6 is 24.0 Å². The monoisotopic (exact) mass is 558 g/mol. The first-order chi connectivity index (χ1) is 15.6. The fraction of sp³-hybridized carbons (Fsp3) is 0.231. The van der Waals surface area contributed by atoms with E-state index in [1.807, 2.05) is 60.7 Å². The van der Waals surface area contributed by atoms with Crippen LogP contribution in [0.4, 0.5) is 0 Å². The second-order valence-corrected chi connectivity index (χ2v) is 7.46. The van der Waals surface area contributed by atoms with Crippen LogP contribution in [-0.2, 0) is 6.54 Å². The zero-order valence-electron chi connectivity index (χ0n) is 19.2. The number of hydrogen-bond acceptors (Lipinski definition) is 3. The minimum absolute atomic E-state index is 0. The van der Waals surface area contributed by atoms with E-state index in [0.29, 0.717) is 31.2 Å². The van der Waals surface area contributed by atoms with E-state index in [1.165, 1.54) is 0 Å². The molecule has 0 heterocycles. The highest BCUT2D eigenvalue weighted by atomic mass is 127. The molecule has 0 aliphatic rings. The van der Waals surface area contributed by atoms with Crippen molar-refractivity contribution in [2.45, 2.75) is 6.54 Å². The first kappa shape index (κ1) is 26.2. The predicted octanol–water partition coefficient (Wildman–Crippen LogP) is 4.42. The maximum absolute atomic E-state index is 12.0. The van der Waals surface area contributed by atoms with Gasteiger partial charge < -0.3 is 20.3 Å². The van der Waals surface area contributed by atoms with Crippen LogP contribution in [0.2, 0.25) is 0 Å². The zero-order valence-corrected chi connectivity index (χ0v) is 21.6. The second-order valence-electron chi connectivity index (χ2n) is 7.46. The average molecular weight is 558 g/mol. The number of benzene rings is 3. The summed E-state index contributed by atoms with van der Waals surface area (Å²) in [5.74, 6) is 1.55. The van der Waals surface area contributed by atoms with Gasteiger partial charge in [-0.25, -0.2) is 0 Å². The van der Waals surface area contributed by atoms with E-state index in [-0.39, 0.29) is 29.9 Å². The average Bonchev–Trinajstić information content (AvgIpc) is 2.84. The summed E-state index contributed by atoms with van der Waals surface area (Å²) in [7, 11) is 5.23. The Kier molecular flexibility index (Phi) is 10.7. The van der Waals surface area contributed by atoms with Crippen LogP contribution in [-0.4, -0.2) is 51.1 Å². The molecule has 0 saturated carbocycles. The highest BCUT2D eigenvalue weighted by Gasteiger charge is 2.08. The van der Waals surface area contributed by atoms with E-state index in [1.54, 1.807) is 26.0 Å². The molecular formula is C26H31IN4O2. The van der Waals surface area contributed by atoms with E-state index in [0.717, 1.165) is 22.4 Å². The molecule has 0 bridgehead atoms. The number of aliphatic imine (C=N–C) groups is 1. The fourth-order valence-electron chi connectivity index (χ4n) is 3.21.